The maximum Gasteiger partial charge on any atom is 0.696 e. The highest BCUT2D eigenvalue weighted by molar-refractivity contribution is 7.33. The van der Waals surface area contributed by atoms with Gasteiger partial charge in [0.1, 0.15) is 0 Å². The number of hydrogen-bond donors (Lipinski definition) is 1. The first kappa shape index (κ1) is 13.6. The topological polar surface area (TPSA) is 82.1 Å². The zero-order valence-electron chi connectivity index (χ0n) is 6.38. The summed E-state index contributed by atoms with van der Waals surface area (Å²) in [6.45, 7) is 0. The molecule has 11 heavy (non-hydrogen) atoms. The molecule has 0 aromatic heterocycles. The molecular weight excluding hydrogens is 194 g/mol. The Morgan fingerprint density at radius 2 is 1.27 bits per heavy atom. The zero-order chi connectivity index (χ0) is 9.28. The molecule has 0 rings (SSSR count). The van der Waals surface area contributed by atoms with Crippen LogP contribution in [0.25, 0.3) is 0 Å². The van der Waals surface area contributed by atoms with E-state index >= 15 is 0 Å². The molecule has 0 amide bonds. The first-order valence-electron chi connectivity index (χ1n) is 2.34. The van der Waals surface area contributed by atoms with E-state index in [1.807, 2.05) is 0 Å². The minimum atomic E-state index is -2.35. The van der Waals surface area contributed by atoms with Gasteiger partial charge in [0.2, 0.25) is 0 Å². The van der Waals surface area contributed by atoms with Gasteiger partial charge in [0.25, 0.3) is 0 Å². The van der Waals surface area contributed by atoms with Crippen LogP contribution in [0.3, 0.4) is 0 Å². The monoisotopic (exact) mass is 204 g/mol. The fraction of sp³-hybridized carbons (Fsp3) is 1.00. The van der Waals surface area contributed by atoms with Crippen molar-refractivity contribution in [3.05, 3.63) is 0 Å². The second kappa shape index (κ2) is 10.0. The van der Waals surface area contributed by atoms with Crippen molar-refractivity contribution in [3.63, 3.8) is 0 Å². The summed E-state index contributed by atoms with van der Waals surface area (Å²) >= 11 is 0. The van der Waals surface area contributed by atoms with Crippen LogP contribution >= 0.6 is 16.5 Å². The molecule has 0 fully saturated rings. The minimum Gasteiger partial charge on any atom is -0.133 e. The van der Waals surface area contributed by atoms with E-state index in [0.29, 0.717) is 0 Å². The molecule has 0 aromatic carbocycles. The summed E-state index contributed by atoms with van der Waals surface area (Å²) in [7, 11) is -0.366. The van der Waals surface area contributed by atoms with Crippen LogP contribution in [0.2, 0.25) is 0 Å². The van der Waals surface area contributed by atoms with Crippen molar-refractivity contribution >= 4 is 16.5 Å². The molecule has 0 saturated carbocycles. The summed E-state index contributed by atoms with van der Waals surface area (Å²) in [5, 5.41) is 0. The van der Waals surface area contributed by atoms with Crippen LogP contribution in [0.4, 0.5) is 0 Å². The van der Waals surface area contributed by atoms with E-state index in [1.165, 1.54) is 21.3 Å². The fourth-order valence-electron chi connectivity index (χ4n) is 0.0745. The van der Waals surface area contributed by atoms with E-state index in [0.717, 1.165) is 0 Å². The molecule has 1 unspecified atom stereocenters. The molecule has 0 radical (unpaired) electrons. The second-order valence-electron chi connectivity index (χ2n) is 1.01. The van der Waals surface area contributed by atoms with Gasteiger partial charge < -0.3 is 0 Å². The summed E-state index contributed by atoms with van der Waals surface area (Å²) < 4.78 is 31.4. The summed E-state index contributed by atoms with van der Waals surface area (Å²) in [5.74, 6) is 0. The maximum absolute atomic E-state index is 9.88. The van der Waals surface area contributed by atoms with Crippen LogP contribution in [0, 0.1) is 0 Å². The fourth-order valence-corrected chi connectivity index (χ4v) is 0.224. The van der Waals surface area contributed by atoms with Crippen LogP contribution in [0.5, 0.6) is 0 Å². The van der Waals surface area contributed by atoms with Gasteiger partial charge in [-0.1, -0.05) is 0 Å². The second-order valence-corrected chi connectivity index (χ2v) is 3.03. The summed E-state index contributed by atoms with van der Waals surface area (Å²) in [6.07, 6.45) is 0. The van der Waals surface area contributed by atoms with E-state index < -0.39 is 16.5 Å². The van der Waals surface area contributed by atoms with Gasteiger partial charge in [-0.3, -0.25) is 0 Å². The highest BCUT2D eigenvalue weighted by Crippen LogP contribution is 2.18. The lowest BCUT2D eigenvalue weighted by Crippen LogP contribution is -1.66. The molecule has 0 aromatic rings. The van der Waals surface area contributed by atoms with Crippen molar-refractivity contribution in [2.45, 2.75) is 0 Å². The molecule has 0 saturated heterocycles. The van der Waals surface area contributed by atoms with Crippen LogP contribution in [-0.2, 0) is 22.7 Å². The van der Waals surface area contributed by atoms with Gasteiger partial charge in [-0.2, -0.15) is 0 Å². The third-order valence-corrected chi connectivity index (χ3v) is 1.36. The SMILES string of the molecule is CO[P+](=O)O.CO[P+](=O)OC. The standard InChI is InChI=1S/C2H6O3P.CH3O3P/c1-4-6(3)5-2;1-4-5(2)3/h1-2H3;1H3/q+1;/p+1. The summed E-state index contributed by atoms with van der Waals surface area (Å²) in [5.41, 5.74) is 0. The third-order valence-electron chi connectivity index (χ3n) is 0.454. The Labute approximate surface area is 66.4 Å². The lowest BCUT2D eigenvalue weighted by atomic mass is 11.8. The average molecular weight is 204 g/mol. The predicted molar refractivity (Wildman–Crippen MR) is 38.5 cm³/mol. The molecule has 1 atom stereocenters. The molecule has 1 N–H and O–H groups in total. The van der Waals surface area contributed by atoms with Gasteiger partial charge in [0.15, 0.2) is 0 Å². The molecule has 0 heterocycles. The highest BCUT2D eigenvalue weighted by atomic mass is 31.1. The van der Waals surface area contributed by atoms with Crippen LogP contribution in [-0.4, -0.2) is 26.2 Å². The Bertz CT molecular complexity index is 119. The summed E-state index contributed by atoms with van der Waals surface area (Å²) in [6, 6.07) is 0. The molecule has 0 bridgehead atoms. The molecule has 0 spiro atoms. The lowest BCUT2D eigenvalue weighted by Gasteiger charge is -1.66. The number of hydrogen-bond acceptors (Lipinski definition) is 5. The van der Waals surface area contributed by atoms with Gasteiger partial charge >= 0.3 is 16.5 Å². The lowest BCUT2D eigenvalue weighted by molar-refractivity contribution is 0.302. The van der Waals surface area contributed by atoms with Crippen molar-refractivity contribution in [2.24, 2.45) is 0 Å². The molecule has 0 aliphatic rings. The van der Waals surface area contributed by atoms with Crippen LogP contribution in [0.1, 0.15) is 0 Å². The Morgan fingerprint density at radius 1 is 1.00 bits per heavy atom. The van der Waals surface area contributed by atoms with Crippen molar-refractivity contribution in [3.8, 4) is 0 Å². The number of rotatable bonds is 3. The summed E-state index contributed by atoms with van der Waals surface area (Å²) in [4.78, 5) is 7.65. The maximum atomic E-state index is 9.88. The van der Waals surface area contributed by atoms with E-state index in [2.05, 4.69) is 13.6 Å². The molecule has 0 aliphatic heterocycles. The van der Waals surface area contributed by atoms with Crippen molar-refractivity contribution in [1.29, 1.82) is 0 Å². The Morgan fingerprint density at radius 3 is 1.27 bits per heavy atom. The molecule has 0 aliphatic carbocycles. The Hall–Kier alpha value is 0.0400. The van der Waals surface area contributed by atoms with Gasteiger partial charge in [0.05, 0.1) is 21.3 Å². The Balaban J connectivity index is 0. The molecule has 6 nitrogen and oxygen atoms in total. The van der Waals surface area contributed by atoms with Gasteiger partial charge in [-0.15, -0.1) is 18.5 Å². The Kier molecular flexibility index (Phi) is 12.4. The quantitative estimate of drug-likeness (QED) is 0.696. The first-order chi connectivity index (χ1) is 5.08. The van der Waals surface area contributed by atoms with Gasteiger partial charge in [-0.05, 0) is 0 Å². The zero-order valence-corrected chi connectivity index (χ0v) is 8.17. The van der Waals surface area contributed by atoms with E-state index in [1.54, 1.807) is 0 Å². The smallest absolute Gasteiger partial charge is 0.133 e. The van der Waals surface area contributed by atoms with Crippen LogP contribution in [0.15, 0.2) is 0 Å². The third kappa shape index (κ3) is 17.8. The van der Waals surface area contributed by atoms with Crippen molar-refractivity contribution in [2.75, 3.05) is 21.3 Å². The normalized spacial score (nSPS) is 9.64. The van der Waals surface area contributed by atoms with Crippen molar-refractivity contribution in [1.82, 2.24) is 0 Å². The largest absolute Gasteiger partial charge is 0.696 e. The molecular formula is C3H10O6P2+2. The van der Waals surface area contributed by atoms with Gasteiger partial charge in [0, 0.05) is 9.13 Å². The first-order valence-corrected chi connectivity index (χ1v) is 4.56. The van der Waals surface area contributed by atoms with E-state index in [9.17, 15) is 9.13 Å². The van der Waals surface area contributed by atoms with Crippen LogP contribution < -0.4 is 0 Å². The molecule has 66 valence electrons. The van der Waals surface area contributed by atoms with Gasteiger partial charge in [-0.25, -0.2) is 0 Å². The minimum absolute atomic E-state index is 1.17. The predicted octanol–water partition coefficient (Wildman–Crippen LogP) is 1.22. The van der Waals surface area contributed by atoms with E-state index in [4.69, 9.17) is 4.89 Å². The van der Waals surface area contributed by atoms with E-state index in [-0.39, 0.29) is 0 Å². The average Bonchev–Trinajstić information content (AvgIpc) is 2.04. The van der Waals surface area contributed by atoms with Crippen molar-refractivity contribution < 1.29 is 27.6 Å². The highest BCUT2D eigenvalue weighted by Gasteiger charge is 2.10. The molecule has 8 heteroatoms.